The van der Waals surface area contributed by atoms with Gasteiger partial charge in [0.15, 0.2) is 0 Å². The van der Waals surface area contributed by atoms with Gasteiger partial charge in [-0.15, -0.1) is 0 Å². The van der Waals surface area contributed by atoms with E-state index in [1.54, 1.807) is 0 Å². The Hall–Kier alpha value is -3.52. The summed E-state index contributed by atoms with van der Waals surface area (Å²) in [5, 5.41) is 0. The smallest absolute Gasteiger partial charge is 0.0314 e. The summed E-state index contributed by atoms with van der Waals surface area (Å²) in [4.78, 5) is 0. The summed E-state index contributed by atoms with van der Waals surface area (Å²) >= 11 is 0. The first kappa shape index (κ1) is 22.7. The molecule has 0 fully saturated rings. The molecule has 0 bridgehead atoms. The minimum atomic E-state index is 0.823. The van der Waals surface area contributed by atoms with Gasteiger partial charge in [-0.1, -0.05) is 60.7 Å². The van der Waals surface area contributed by atoms with Crippen molar-refractivity contribution in [1.82, 2.24) is 0 Å². The second kappa shape index (κ2) is 10.4. The summed E-state index contributed by atoms with van der Waals surface area (Å²) in [6.45, 7) is 4.47. The molecule has 0 heterocycles. The Morgan fingerprint density at radius 2 is 0.788 bits per heavy atom. The van der Waals surface area contributed by atoms with E-state index >= 15 is 0 Å². The number of hydrogen-bond donors (Lipinski definition) is 2. The third-order valence-corrected chi connectivity index (χ3v) is 6.56. The fraction of sp³-hybridized carbons (Fsp3) is 0.226. The molecule has 0 aliphatic carbocycles. The average Bonchev–Trinajstić information content (AvgIpc) is 2.81. The molecule has 0 saturated carbocycles. The largest absolute Gasteiger partial charge is 0.399 e. The number of benzene rings is 4. The van der Waals surface area contributed by atoms with E-state index in [1.807, 2.05) is 24.3 Å². The van der Waals surface area contributed by atoms with Crippen LogP contribution in [0, 0.1) is 13.8 Å². The minimum absolute atomic E-state index is 0.823. The molecular formula is C31H34N2. The van der Waals surface area contributed by atoms with Crippen molar-refractivity contribution in [3.8, 4) is 0 Å². The van der Waals surface area contributed by atoms with Crippen molar-refractivity contribution in [3.63, 3.8) is 0 Å². The summed E-state index contributed by atoms with van der Waals surface area (Å²) in [5.74, 6) is 0. The van der Waals surface area contributed by atoms with Crippen molar-refractivity contribution in [1.29, 1.82) is 0 Å². The van der Waals surface area contributed by atoms with Gasteiger partial charge in [0.25, 0.3) is 0 Å². The topological polar surface area (TPSA) is 52.0 Å². The third kappa shape index (κ3) is 6.26. The highest BCUT2D eigenvalue weighted by Crippen LogP contribution is 2.21. The van der Waals surface area contributed by atoms with E-state index in [-0.39, 0.29) is 0 Å². The Kier molecular flexibility index (Phi) is 7.14. The van der Waals surface area contributed by atoms with Crippen molar-refractivity contribution >= 4 is 11.4 Å². The molecule has 0 aliphatic heterocycles. The lowest BCUT2D eigenvalue weighted by Crippen LogP contribution is -1.99. The number of nitrogens with two attached hydrogens (primary N) is 2. The van der Waals surface area contributed by atoms with E-state index < -0.39 is 0 Å². The van der Waals surface area contributed by atoms with Crippen LogP contribution >= 0.6 is 0 Å². The lowest BCUT2D eigenvalue weighted by molar-refractivity contribution is 0.950. The van der Waals surface area contributed by atoms with Gasteiger partial charge in [-0.25, -0.2) is 0 Å². The summed E-state index contributed by atoms with van der Waals surface area (Å²) < 4.78 is 0. The molecule has 0 unspecified atom stereocenters. The van der Waals surface area contributed by atoms with Crippen LogP contribution in [0.3, 0.4) is 0 Å². The van der Waals surface area contributed by atoms with Crippen LogP contribution in [0.1, 0.15) is 44.5 Å². The maximum atomic E-state index is 5.79. The van der Waals surface area contributed by atoms with Gasteiger partial charge in [0, 0.05) is 11.4 Å². The first-order valence-corrected chi connectivity index (χ1v) is 11.8. The Morgan fingerprint density at radius 1 is 0.455 bits per heavy atom. The molecule has 168 valence electrons. The first-order valence-electron chi connectivity index (χ1n) is 11.8. The highest BCUT2D eigenvalue weighted by molar-refractivity contribution is 5.42. The highest BCUT2D eigenvalue weighted by Gasteiger charge is 2.06. The van der Waals surface area contributed by atoms with Gasteiger partial charge in [-0.05, 0) is 115 Å². The van der Waals surface area contributed by atoms with Crippen molar-refractivity contribution < 1.29 is 0 Å². The number of aryl methyl sites for hydroxylation is 6. The maximum absolute atomic E-state index is 5.79. The van der Waals surface area contributed by atoms with E-state index in [2.05, 4.69) is 74.5 Å². The van der Waals surface area contributed by atoms with Gasteiger partial charge in [0.2, 0.25) is 0 Å². The van der Waals surface area contributed by atoms with Crippen LogP contribution in [0.4, 0.5) is 11.4 Å². The van der Waals surface area contributed by atoms with E-state index in [1.165, 1.54) is 44.5 Å². The van der Waals surface area contributed by atoms with Crippen LogP contribution in [-0.2, 0) is 32.1 Å². The number of hydrogen-bond acceptors (Lipinski definition) is 2. The molecule has 0 aromatic heterocycles. The Labute approximate surface area is 198 Å². The molecule has 33 heavy (non-hydrogen) atoms. The minimum Gasteiger partial charge on any atom is -0.399 e. The van der Waals surface area contributed by atoms with Crippen molar-refractivity contribution in [2.24, 2.45) is 0 Å². The molecule has 2 nitrogen and oxygen atoms in total. The molecule has 2 heteroatoms. The zero-order valence-corrected chi connectivity index (χ0v) is 19.8. The van der Waals surface area contributed by atoms with Crippen LogP contribution in [0.15, 0.2) is 84.9 Å². The second-order valence-electron chi connectivity index (χ2n) is 9.18. The summed E-state index contributed by atoms with van der Waals surface area (Å²) in [7, 11) is 0. The van der Waals surface area contributed by atoms with Gasteiger partial charge in [-0.3, -0.25) is 0 Å². The van der Waals surface area contributed by atoms with Crippen LogP contribution in [0.5, 0.6) is 0 Å². The predicted molar refractivity (Wildman–Crippen MR) is 142 cm³/mol. The molecule has 0 amide bonds. The van der Waals surface area contributed by atoms with Crippen molar-refractivity contribution in [3.05, 3.63) is 129 Å². The summed E-state index contributed by atoms with van der Waals surface area (Å²) in [6.07, 6.45) is 5.15. The molecule has 4 aromatic rings. The first-order chi connectivity index (χ1) is 16.0. The molecule has 4 rings (SSSR count). The molecular weight excluding hydrogens is 400 g/mol. The lowest BCUT2D eigenvalue weighted by atomic mass is 9.93. The van der Waals surface area contributed by atoms with E-state index in [0.29, 0.717) is 0 Å². The van der Waals surface area contributed by atoms with Gasteiger partial charge < -0.3 is 11.5 Å². The Morgan fingerprint density at radius 3 is 1.15 bits per heavy atom. The monoisotopic (exact) mass is 434 g/mol. The Bertz CT molecular complexity index is 1110. The Balaban J connectivity index is 1.36. The molecule has 0 radical (unpaired) electrons. The molecule has 0 aliphatic rings. The van der Waals surface area contributed by atoms with Gasteiger partial charge in [0.05, 0.1) is 0 Å². The van der Waals surface area contributed by atoms with E-state index in [0.717, 1.165) is 43.5 Å². The number of anilines is 2. The fourth-order valence-corrected chi connectivity index (χ4v) is 4.37. The average molecular weight is 435 g/mol. The standard InChI is InChI=1S/C31H34N2/c1-22-19-26(5-3-24-9-15-30(32)16-10-24)7-13-28(22)21-29-14-8-27(20-23(29)2)6-4-25-11-17-31(33)18-12-25/h7-20H,3-6,21,32-33H2,1-2H3. The zero-order valence-electron chi connectivity index (χ0n) is 19.8. The fourth-order valence-electron chi connectivity index (χ4n) is 4.37. The number of nitrogen functional groups attached to an aromatic ring is 2. The molecule has 0 atom stereocenters. The second-order valence-corrected chi connectivity index (χ2v) is 9.18. The van der Waals surface area contributed by atoms with Crippen LogP contribution in [-0.4, -0.2) is 0 Å². The SMILES string of the molecule is Cc1cc(CCc2ccc(N)cc2)ccc1Cc1ccc(CCc2ccc(N)cc2)cc1C. The predicted octanol–water partition coefficient (Wildman–Crippen LogP) is 6.63. The molecule has 0 saturated heterocycles. The van der Waals surface area contributed by atoms with Gasteiger partial charge in [-0.2, -0.15) is 0 Å². The van der Waals surface area contributed by atoms with Gasteiger partial charge >= 0.3 is 0 Å². The number of rotatable bonds is 8. The third-order valence-electron chi connectivity index (χ3n) is 6.56. The van der Waals surface area contributed by atoms with Crippen LogP contribution in [0.25, 0.3) is 0 Å². The van der Waals surface area contributed by atoms with Crippen molar-refractivity contribution in [2.75, 3.05) is 11.5 Å². The molecule has 0 spiro atoms. The quantitative estimate of drug-likeness (QED) is 0.306. The zero-order chi connectivity index (χ0) is 23.2. The maximum Gasteiger partial charge on any atom is 0.0314 e. The molecule has 4 N–H and O–H groups in total. The van der Waals surface area contributed by atoms with Crippen LogP contribution in [0.2, 0.25) is 0 Å². The van der Waals surface area contributed by atoms with Crippen molar-refractivity contribution in [2.45, 2.75) is 46.0 Å². The molecule has 4 aromatic carbocycles. The van der Waals surface area contributed by atoms with Gasteiger partial charge in [0.1, 0.15) is 0 Å². The lowest BCUT2D eigenvalue weighted by Gasteiger charge is -2.12. The summed E-state index contributed by atoms with van der Waals surface area (Å²) in [5.41, 5.74) is 24.2. The van der Waals surface area contributed by atoms with E-state index in [4.69, 9.17) is 11.5 Å². The highest BCUT2D eigenvalue weighted by atomic mass is 14.5. The summed E-state index contributed by atoms with van der Waals surface area (Å²) in [6, 6.07) is 30.3. The van der Waals surface area contributed by atoms with E-state index in [9.17, 15) is 0 Å². The van der Waals surface area contributed by atoms with Crippen LogP contribution < -0.4 is 11.5 Å². The normalized spacial score (nSPS) is 11.0.